The second-order valence-corrected chi connectivity index (χ2v) is 13.2. The van der Waals surface area contributed by atoms with Crippen LogP contribution in [0.3, 0.4) is 0 Å². The molecule has 47 heavy (non-hydrogen) atoms. The summed E-state index contributed by atoms with van der Waals surface area (Å²) in [5.41, 5.74) is 3.13. The number of para-hydroxylation sites is 4. The molecule has 0 amide bonds. The zero-order valence-electron chi connectivity index (χ0n) is 24.8. The van der Waals surface area contributed by atoms with Crippen LogP contribution < -0.4 is 15.9 Å². The molecule has 5 aromatic rings. The third-order valence-corrected chi connectivity index (χ3v) is 11.1. The maximum atomic E-state index is 9.75. The van der Waals surface area contributed by atoms with E-state index in [0.717, 1.165) is 28.1 Å². The van der Waals surface area contributed by atoms with Crippen LogP contribution in [0, 0.1) is 0 Å². The first-order valence-electron chi connectivity index (χ1n) is 14.3. The molecule has 0 radical (unpaired) electrons. The van der Waals surface area contributed by atoms with Gasteiger partial charge in [0.1, 0.15) is 28.5 Å². The van der Waals surface area contributed by atoms with Gasteiger partial charge in [0.05, 0.1) is 6.21 Å². The molecule has 1 heterocycles. The van der Waals surface area contributed by atoms with E-state index in [0.29, 0.717) is 0 Å². The molecule has 0 fully saturated rings. The van der Waals surface area contributed by atoms with Crippen LogP contribution in [0.4, 0.5) is 40.0 Å². The predicted molar refractivity (Wildman–Crippen MR) is 188 cm³/mol. The molecule has 0 saturated heterocycles. The molecule has 0 N–H and O–H groups in total. The Hall–Kier alpha value is -4.77. The Morgan fingerprint density at radius 3 is 1.40 bits per heavy atom. The van der Waals surface area contributed by atoms with Gasteiger partial charge in [-0.3, -0.25) is 9.98 Å². The average Bonchev–Trinajstić information content (AvgIpc) is 3.07. The molecule has 0 atom stereocenters. The molecule has 0 spiro atoms. The number of aliphatic imine (C=N–C) groups is 2. The van der Waals surface area contributed by atoms with Crippen molar-refractivity contribution >= 4 is 65.6 Å². The van der Waals surface area contributed by atoms with Gasteiger partial charge in [0, 0.05) is 17.6 Å². The third-order valence-electron chi connectivity index (χ3n) is 6.85. The molecule has 1 aliphatic heterocycles. The quantitative estimate of drug-likeness (QED) is 0.102. The minimum atomic E-state index is -6.00. The number of nitrogens with zero attached hydrogens (tertiary/aromatic N) is 4. The number of hydrogen-bond donors (Lipinski definition) is 0. The minimum absolute atomic E-state index is 0. The molecular formula is C36H28BF4N4NiP. The van der Waals surface area contributed by atoms with E-state index in [9.17, 15) is 17.3 Å². The van der Waals surface area contributed by atoms with Gasteiger partial charge in [0.2, 0.25) is 0 Å². The molecule has 0 aromatic heterocycles. The van der Waals surface area contributed by atoms with Crippen LogP contribution in [0.1, 0.15) is 0 Å². The van der Waals surface area contributed by atoms with Gasteiger partial charge in [0.25, 0.3) is 0 Å². The van der Waals surface area contributed by atoms with E-state index in [4.69, 9.17) is 10.3 Å². The van der Waals surface area contributed by atoms with Gasteiger partial charge in [-0.05, 0) is 48.5 Å². The van der Waals surface area contributed by atoms with Gasteiger partial charge in [-0.2, -0.15) is 6.20 Å². The number of allylic oxidation sites excluding steroid dienone is 2. The summed E-state index contributed by atoms with van der Waals surface area (Å²) in [6.07, 6.45) is 9.28. The van der Waals surface area contributed by atoms with E-state index >= 15 is 0 Å². The summed E-state index contributed by atoms with van der Waals surface area (Å²) in [5.74, 6) is 0. The molecule has 0 aliphatic carbocycles. The van der Waals surface area contributed by atoms with E-state index in [-0.39, 0.29) is 16.5 Å². The van der Waals surface area contributed by atoms with Crippen LogP contribution >= 0.6 is 7.26 Å². The van der Waals surface area contributed by atoms with Gasteiger partial charge < -0.3 is 27.9 Å². The normalized spacial score (nSPS) is 14.5. The van der Waals surface area contributed by atoms with Crippen molar-refractivity contribution in [2.75, 3.05) is 0 Å². The molecule has 238 valence electrons. The van der Waals surface area contributed by atoms with E-state index in [1.807, 2.05) is 67.0 Å². The fraction of sp³-hybridized carbons (Fsp3) is 0. The van der Waals surface area contributed by atoms with Gasteiger partial charge in [-0.1, -0.05) is 97.1 Å². The van der Waals surface area contributed by atoms with Crippen molar-refractivity contribution in [2.45, 2.75) is 0 Å². The third kappa shape index (κ3) is 9.16. The Labute approximate surface area is 282 Å². The first-order chi connectivity index (χ1) is 22.4. The SMILES string of the molecule is C1=Nc2ccccc2[N-]/C=C\C=Nc2ccccc2[N-]/C=C\1[P+](c1ccccc1)(c1ccccc1)c1ccccc1.F[B-](F)(F)F.[Ni+2]. The Morgan fingerprint density at radius 1 is 0.511 bits per heavy atom. The van der Waals surface area contributed by atoms with Crippen LogP contribution in [0.25, 0.3) is 10.6 Å². The standard InChI is InChI=1S/C36H28N4P.BF4.Ni/c1-4-15-29(16-5-1)41(30-17-6-2-7-18-30,31-19-8-3-9-20-31)32-27-39-35-23-12-10-21-33(35)37-25-14-26-38-34-22-11-13-24-36(34)40-28-32;2-1(3,4)5;/h1-28H;;/q2*-1;+2/b25-14-,32-28+,38-26?,39-27?;;. The molecule has 5 aromatic carbocycles. The second kappa shape index (κ2) is 16.7. The summed E-state index contributed by atoms with van der Waals surface area (Å²) in [4.78, 5) is 9.74. The van der Waals surface area contributed by atoms with Crippen molar-refractivity contribution < 1.29 is 33.8 Å². The second-order valence-electron chi connectivity index (χ2n) is 9.84. The molecule has 0 bridgehead atoms. The van der Waals surface area contributed by atoms with Crippen LogP contribution in [0.15, 0.2) is 173 Å². The molecule has 0 saturated carbocycles. The average molecular weight is 693 g/mol. The molecule has 0 unspecified atom stereocenters. The number of rotatable bonds is 4. The van der Waals surface area contributed by atoms with Gasteiger partial charge in [-0.25, -0.2) is 0 Å². The zero-order valence-corrected chi connectivity index (χ0v) is 26.7. The van der Waals surface area contributed by atoms with E-state index in [2.05, 4.69) is 101 Å². The summed E-state index contributed by atoms with van der Waals surface area (Å²) >= 11 is 0. The first-order valence-corrected chi connectivity index (χ1v) is 16.1. The van der Waals surface area contributed by atoms with Crippen molar-refractivity contribution in [3.05, 3.63) is 174 Å². The summed E-state index contributed by atoms with van der Waals surface area (Å²) in [7, 11) is -8.44. The predicted octanol–water partition coefficient (Wildman–Crippen LogP) is 10.5. The van der Waals surface area contributed by atoms with Crippen molar-refractivity contribution in [2.24, 2.45) is 9.98 Å². The summed E-state index contributed by atoms with van der Waals surface area (Å²) in [5, 5.41) is 14.4. The molecule has 4 nitrogen and oxygen atoms in total. The number of benzene rings is 5. The number of halogens is 4. The maximum absolute atomic E-state index is 9.75. The van der Waals surface area contributed by atoms with Crippen molar-refractivity contribution in [1.82, 2.24) is 0 Å². The van der Waals surface area contributed by atoms with Gasteiger partial charge in [0.15, 0.2) is 0 Å². The van der Waals surface area contributed by atoms with E-state index < -0.39 is 14.5 Å². The summed E-state index contributed by atoms with van der Waals surface area (Å²) in [6.45, 7) is 0. The summed E-state index contributed by atoms with van der Waals surface area (Å²) < 4.78 is 39.0. The van der Waals surface area contributed by atoms with Gasteiger partial charge in [-0.15, -0.1) is 17.6 Å². The fourth-order valence-corrected chi connectivity index (χ4v) is 9.09. The van der Waals surface area contributed by atoms with Gasteiger partial charge >= 0.3 is 23.7 Å². The van der Waals surface area contributed by atoms with E-state index in [1.165, 1.54) is 15.9 Å². The van der Waals surface area contributed by atoms with Crippen molar-refractivity contribution in [1.29, 1.82) is 0 Å². The van der Waals surface area contributed by atoms with Crippen LogP contribution in [0.2, 0.25) is 0 Å². The van der Waals surface area contributed by atoms with Crippen LogP contribution in [-0.2, 0) is 16.5 Å². The monoisotopic (exact) mass is 692 g/mol. The Balaban J connectivity index is 0.000000776. The van der Waals surface area contributed by atoms with Crippen molar-refractivity contribution in [3.63, 3.8) is 0 Å². The molecule has 11 heteroatoms. The summed E-state index contributed by atoms with van der Waals surface area (Å²) in [6, 6.07) is 48.0. The zero-order chi connectivity index (χ0) is 32.2. The Morgan fingerprint density at radius 2 is 0.915 bits per heavy atom. The first kappa shape index (κ1) is 35.1. The molecule has 6 rings (SSSR count). The van der Waals surface area contributed by atoms with Crippen LogP contribution in [0.5, 0.6) is 0 Å². The number of hydrogen-bond acceptors (Lipinski definition) is 2. The van der Waals surface area contributed by atoms with E-state index in [1.54, 1.807) is 12.4 Å². The molecular weight excluding hydrogens is 665 g/mol. The minimum Gasteiger partial charge on any atom is -0.662 e. The number of fused-ring (bicyclic) bond motifs is 2. The van der Waals surface area contributed by atoms with Crippen LogP contribution in [-0.4, -0.2) is 19.7 Å². The topological polar surface area (TPSA) is 52.9 Å². The molecule has 1 aliphatic rings. The largest absolute Gasteiger partial charge is 2.00 e. The van der Waals surface area contributed by atoms with Crippen molar-refractivity contribution in [3.8, 4) is 0 Å². The smallest absolute Gasteiger partial charge is 0.662 e. The maximum Gasteiger partial charge on any atom is 2.00 e. The Bertz CT molecular complexity index is 1750. The Kier molecular flexibility index (Phi) is 12.5. The fourth-order valence-electron chi connectivity index (χ4n) is 4.98.